The van der Waals surface area contributed by atoms with E-state index in [4.69, 9.17) is 0 Å². The molecule has 0 bridgehead atoms. The molecule has 0 aromatic heterocycles. The Balaban J connectivity index is 2.04. The molecular formula is C28H33N3O4S. The summed E-state index contributed by atoms with van der Waals surface area (Å²) in [6.45, 7) is 5.34. The van der Waals surface area contributed by atoms with Gasteiger partial charge in [0.2, 0.25) is 11.8 Å². The van der Waals surface area contributed by atoms with Gasteiger partial charge >= 0.3 is 0 Å². The van der Waals surface area contributed by atoms with Crippen LogP contribution in [0.15, 0.2) is 83.8 Å². The minimum atomic E-state index is -4.06. The Hall–Kier alpha value is -3.65. The number of sulfonamides is 1. The first-order chi connectivity index (χ1) is 17.2. The first kappa shape index (κ1) is 26.9. The predicted molar refractivity (Wildman–Crippen MR) is 142 cm³/mol. The molecule has 3 rings (SSSR count). The number of hydrogen-bond acceptors (Lipinski definition) is 4. The topological polar surface area (TPSA) is 86.8 Å². The minimum Gasteiger partial charge on any atom is -0.357 e. The normalized spacial score (nSPS) is 12.0. The van der Waals surface area contributed by atoms with Crippen LogP contribution in [-0.4, -0.2) is 44.8 Å². The molecule has 0 spiro atoms. The molecular weight excluding hydrogens is 474 g/mol. The van der Waals surface area contributed by atoms with Gasteiger partial charge in [0, 0.05) is 13.6 Å². The zero-order valence-electron chi connectivity index (χ0n) is 21.1. The third-order valence-electron chi connectivity index (χ3n) is 6.04. The molecule has 0 aliphatic carbocycles. The summed E-state index contributed by atoms with van der Waals surface area (Å²) in [5, 5.41) is 2.63. The van der Waals surface area contributed by atoms with Gasteiger partial charge in [0.05, 0.1) is 10.6 Å². The average Bonchev–Trinajstić information content (AvgIpc) is 2.88. The maximum Gasteiger partial charge on any atom is 0.264 e. The maximum atomic E-state index is 13.8. The first-order valence-electron chi connectivity index (χ1n) is 11.9. The number of carbonyl (C=O) groups is 2. The number of amides is 2. The Morgan fingerprint density at radius 3 is 1.94 bits per heavy atom. The smallest absolute Gasteiger partial charge is 0.264 e. The largest absolute Gasteiger partial charge is 0.357 e. The monoisotopic (exact) mass is 507 g/mol. The van der Waals surface area contributed by atoms with E-state index >= 15 is 0 Å². The minimum absolute atomic E-state index is 0.0921. The van der Waals surface area contributed by atoms with Crippen LogP contribution in [0.5, 0.6) is 0 Å². The summed E-state index contributed by atoms with van der Waals surface area (Å²) in [7, 11) is -2.53. The Labute approximate surface area is 213 Å². The molecule has 0 heterocycles. The van der Waals surface area contributed by atoms with E-state index in [0.717, 1.165) is 21.0 Å². The van der Waals surface area contributed by atoms with Crippen molar-refractivity contribution >= 4 is 27.5 Å². The Kier molecular flexibility index (Phi) is 8.88. The number of anilines is 1. The Bertz CT molecular complexity index is 1270. The number of carbonyl (C=O) groups excluding carboxylic acids is 2. The third-order valence-corrected chi connectivity index (χ3v) is 7.83. The number of hydrogen-bond donors (Lipinski definition) is 1. The average molecular weight is 508 g/mol. The van der Waals surface area contributed by atoms with Gasteiger partial charge in [0.1, 0.15) is 12.6 Å². The van der Waals surface area contributed by atoms with Gasteiger partial charge in [-0.2, -0.15) is 0 Å². The highest BCUT2D eigenvalue weighted by Crippen LogP contribution is 2.25. The van der Waals surface area contributed by atoms with Gasteiger partial charge in [-0.3, -0.25) is 13.9 Å². The van der Waals surface area contributed by atoms with E-state index in [2.05, 4.69) is 5.32 Å². The second-order valence-corrected chi connectivity index (χ2v) is 10.6. The zero-order chi connectivity index (χ0) is 26.3. The SMILES string of the molecule is CCC(C(=O)NC)N(Cc1ccccc1)C(=O)CN(c1ccc(C)cc1)S(=O)(=O)c1ccc(C)cc1. The molecule has 0 saturated carbocycles. The van der Waals surface area contributed by atoms with Crippen molar-refractivity contribution in [3.8, 4) is 0 Å². The van der Waals surface area contributed by atoms with Crippen molar-refractivity contribution in [3.05, 3.63) is 95.6 Å². The standard InChI is InChI=1S/C28H33N3O4S/c1-5-26(28(33)29-4)30(19-23-9-7-6-8-10-23)27(32)20-31(24-15-11-21(2)12-16-24)36(34,35)25-17-13-22(3)14-18-25/h6-18,26H,5,19-20H2,1-4H3,(H,29,33). The summed E-state index contributed by atoms with van der Waals surface area (Å²) in [4.78, 5) is 28.0. The molecule has 0 fully saturated rings. The van der Waals surface area contributed by atoms with E-state index in [-0.39, 0.29) is 17.3 Å². The number of nitrogens with zero attached hydrogens (tertiary/aromatic N) is 2. The van der Waals surface area contributed by atoms with Crippen LogP contribution in [0.1, 0.15) is 30.0 Å². The molecule has 36 heavy (non-hydrogen) atoms. The molecule has 3 aromatic carbocycles. The molecule has 0 aliphatic heterocycles. The molecule has 2 amide bonds. The highest BCUT2D eigenvalue weighted by Gasteiger charge is 2.33. The summed E-state index contributed by atoms with van der Waals surface area (Å²) in [6, 6.07) is 22.1. The second-order valence-electron chi connectivity index (χ2n) is 8.71. The summed E-state index contributed by atoms with van der Waals surface area (Å²) in [5.74, 6) is -0.768. The summed E-state index contributed by atoms with van der Waals surface area (Å²) < 4.78 is 28.6. The van der Waals surface area contributed by atoms with Crippen molar-refractivity contribution in [3.63, 3.8) is 0 Å². The van der Waals surface area contributed by atoms with Crippen molar-refractivity contribution < 1.29 is 18.0 Å². The van der Waals surface area contributed by atoms with Gasteiger partial charge in [-0.25, -0.2) is 8.42 Å². The van der Waals surface area contributed by atoms with Gasteiger partial charge in [0.25, 0.3) is 10.0 Å². The van der Waals surface area contributed by atoms with Gasteiger partial charge in [-0.15, -0.1) is 0 Å². The van der Waals surface area contributed by atoms with E-state index in [1.165, 1.54) is 24.1 Å². The lowest BCUT2D eigenvalue weighted by atomic mass is 10.1. The van der Waals surface area contributed by atoms with Gasteiger partial charge < -0.3 is 10.2 Å². The number of aryl methyl sites for hydroxylation is 2. The summed E-state index contributed by atoms with van der Waals surface area (Å²) in [5.41, 5.74) is 3.12. The van der Waals surface area contributed by atoms with Crippen LogP contribution >= 0.6 is 0 Å². The second kappa shape index (κ2) is 11.9. The van der Waals surface area contributed by atoms with Crippen LogP contribution < -0.4 is 9.62 Å². The van der Waals surface area contributed by atoms with Crippen LogP contribution in [-0.2, 0) is 26.2 Å². The first-order valence-corrected chi connectivity index (χ1v) is 13.3. The van der Waals surface area contributed by atoms with Crippen molar-refractivity contribution in [2.75, 3.05) is 17.9 Å². The van der Waals surface area contributed by atoms with Crippen molar-refractivity contribution in [2.45, 2.75) is 44.7 Å². The van der Waals surface area contributed by atoms with Crippen LogP contribution in [0.2, 0.25) is 0 Å². The molecule has 1 unspecified atom stereocenters. The van der Waals surface area contributed by atoms with Crippen LogP contribution in [0.25, 0.3) is 0 Å². The number of likely N-dealkylation sites (N-methyl/N-ethyl adjacent to an activating group) is 1. The molecule has 0 radical (unpaired) electrons. The molecule has 3 aromatic rings. The van der Waals surface area contributed by atoms with Gasteiger partial charge in [-0.1, -0.05) is 72.6 Å². The molecule has 1 atom stereocenters. The number of benzene rings is 3. The lowest BCUT2D eigenvalue weighted by Crippen LogP contribution is -2.51. The molecule has 7 nitrogen and oxygen atoms in total. The molecule has 0 saturated heterocycles. The van der Waals surface area contributed by atoms with E-state index in [1.807, 2.05) is 51.1 Å². The zero-order valence-corrected chi connectivity index (χ0v) is 22.0. The van der Waals surface area contributed by atoms with E-state index in [1.54, 1.807) is 36.4 Å². The fraction of sp³-hybridized carbons (Fsp3) is 0.286. The predicted octanol–water partition coefficient (Wildman–Crippen LogP) is 4.05. The van der Waals surface area contributed by atoms with Gasteiger partial charge in [0.15, 0.2) is 0 Å². The maximum absolute atomic E-state index is 13.8. The summed E-state index contributed by atoms with van der Waals surface area (Å²) >= 11 is 0. The van der Waals surface area contributed by atoms with Crippen molar-refractivity contribution in [1.29, 1.82) is 0 Å². The fourth-order valence-corrected chi connectivity index (χ4v) is 5.36. The molecule has 190 valence electrons. The van der Waals surface area contributed by atoms with Crippen LogP contribution in [0.3, 0.4) is 0 Å². The fourth-order valence-electron chi connectivity index (χ4n) is 3.94. The van der Waals surface area contributed by atoms with E-state index in [0.29, 0.717) is 12.1 Å². The number of rotatable bonds is 10. The highest BCUT2D eigenvalue weighted by molar-refractivity contribution is 7.92. The molecule has 1 N–H and O–H groups in total. The lowest BCUT2D eigenvalue weighted by molar-refractivity contribution is -0.140. The molecule has 0 aliphatic rings. The van der Waals surface area contributed by atoms with E-state index in [9.17, 15) is 18.0 Å². The molecule has 8 heteroatoms. The Morgan fingerprint density at radius 1 is 0.861 bits per heavy atom. The van der Waals surface area contributed by atoms with Crippen molar-refractivity contribution in [1.82, 2.24) is 10.2 Å². The highest BCUT2D eigenvalue weighted by atomic mass is 32.2. The van der Waals surface area contributed by atoms with Crippen molar-refractivity contribution in [2.24, 2.45) is 0 Å². The number of nitrogens with one attached hydrogen (secondary N) is 1. The van der Waals surface area contributed by atoms with Crippen LogP contribution in [0, 0.1) is 13.8 Å². The lowest BCUT2D eigenvalue weighted by Gasteiger charge is -2.33. The van der Waals surface area contributed by atoms with Crippen LogP contribution in [0.4, 0.5) is 5.69 Å². The Morgan fingerprint density at radius 2 is 1.42 bits per heavy atom. The van der Waals surface area contributed by atoms with E-state index < -0.39 is 28.5 Å². The quantitative estimate of drug-likeness (QED) is 0.449. The van der Waals surface area contributed by atoms with Gasteiger partial charge in [-0.05, 0) is 50.1 Å². The third kappa shape index (κ3) is 6.31. The summed E-state index contributed by atoms with van der Waals surface area (Å²) in [6.07, 6.45) is 0.382.